The Morgan fingerprint density at radius 3 is 2.52 bits per heavy atom. The van der Waals surface area contributed by atoms with Gasteiger partial charge < -0.3 is 14.8 Å². The van der Waals surface area contributed by atoms with Gasteiger partial charge in [0.25, 0.3) is 0 Å². The molecule has 1 N–H and O–H groups in total. The van der Waals surface area contributed by atoms with E-state index in [0.29, 0.717) is 17.4 Å². The van der Waals surface area contributed by atoms with E-state index >= 15 is 0 Å². The molecule has 158 valence electrons. The highest BCUT2D eigenvalue weighted by Gasteiger charge is 2.22. The van der Waals surface area contributed by atoms with Gasteiger partial charge in [-0.1, -0.05) is 53.2 Å². The lowest BCUT2D eigenvalue weighted by Gasteiger charge is -2.13. The first kappa shape index (κ1) is 20.7. The third kappa shape index (κ3) is 4.32. The number of carbonyl (C=O) groups excluding carboxylic acids is 1. The maximum atomic E-state index is 12.5. The number of nitrogens with zero attached hydrogens (tertiary/aromatic N) is 3. The molecular weight excluding hydrogens is 416 g/mol. The molecule has 4 aromatic rings. The summed E-state index contributed by atoms with van der Waals surface area (Å²) in [5.41, 5.74) is 1.88. The minimum absolute atomic E-state index is 0.120. The molecule has 1 heterocycles. The maximum Gasteiger partial charge on any atom is 0.362 e. The fraction of sp³-hybridized carbons (Fsp3) is 0.174. The van der Waals surface area contributed by atoms with Crippen LogP contribution in [0.3, 0.4) is 0 Å². The zero-order valence-corrected chi connectivity index (χ0v) is 17.9. The molecular formula is C23H21ClN4O3. The Morgan fingerprint density at radius 2 is 1.81 bits per heavy atom. The van der Waals surface area contributed by atoms with Crippen molar-refractivity contribution in [3.8, 4) is 5.75 Å². The lowest BCUT2D eigenvalue weighted by molar-refractivity contribution is 0.0520. The fourth-order valence-electron chi connectivity index (χ4n) is 3.29. The van der Waals surface area contributed by atoms with Gasteiger partial charge in [0.15, 0.2) is 5.82 Å². The van der Waals surface area contributed by atoms with Crippen LogP contribution < -0.4 is 10.1 Å². The van der Waals surface area contributed by atoms with E-state index < -0.39 is 5.97 Å². The van der Waals surface area contributed by atoms with Crippen LogP contribution in [-0.4, -0.2) is 34.7 Å². The molecule has 0 unspecified atom stereocenters. The van der Waals surface area contributed by atoms with E-state index in [0.717, 1.165) is 27.8 Å². The van der Waals surface area contributed by atoms with E-state index in [1.165, 1.54) is 0 Å². The summed E-state index contributed by atoms with van der Waals surface area (Å²) in [5, 5.41) is 14.1. The first-order valence-electron chi connectivity index (χ1n) is 9.78. The van der Waals surface area contributed by atoms with Crippen LogP contribution in [0.2, 0.25) is 5.02 Å². The van der Waals surface area contributed by atoms with Crippen LogP contribution in [0, 0.1) is 0 Å². The molecule has 0 aliphatic rings. The lowest BCUT2D eigenvalue weighted by Crippen LogP contribution is -2.11. The number of ether oxygens (including phenoxy) is 2. The number of methoxy groups -OCH3 is 1. The summed E-state index contributed by atoms with van der Waals surface area (Å²) < 4.78 is 12.0. The molecule has 4 rings (SSSR count). The molecule has 0 aliphatic carbocycles. The topological polar surface area (TPSA) is 78.3 Å². The first-order valence-corrected chi connectivity index (χ1v) is 10.2. The van der Waals surface area contributed by atoms with Gasteiger partial charge in [0, 0.05) is 21.5 Å². The summed E-state index contributed by atoms with van der Waals surface area (Å²) >= 11 is 6.36. The number of anilines is 2. The molecule has 1 aromatic heterocycles. The molecule has 0 radical (unpaired) electrons. The van der Waals surface area contributed by atoms with Crippen molar-refractivity contribution in [1.29, 1.82) is 0 Å². The van der Waals surface area contributed by atoms with Crippen molar-refractivity contribution >= 4 is 39.8 Å². The Balaban J connectivity index is 1.75. The van der Waals surface area contributed by atoms with E-state index in [1.807, 2.05) is 60.7 Å². The van der Waals surface area contributed by atoms with Gasteiger partial charge in [-0.3, -0.25) is 0 Å². The van der Waals surface area contributed by atoms with Gasteiger partial charge in [-0.25, -0.2) is 9.48 Å². The second-order valence-corrected chi connectivity index (χ2v) is 7.19. The molecule has 0 fully saturated rings. The Hall–Kier alpha value is -3.58. The highest BCUT2D eigenvalue weighted by atomic mass is 35.5. The predicted molar refractivity (Wildman–Crippen MR) is 120 cm³/mol. The Labute approximate surface area is 184 Å². The number of hydrogen-bond acceptors (Lipinski definition) is 6. The minimum Gasteiger partial charge on any atom is -0.497 e. The van der Waals surface area contributed by atoms with Gasteiger partial charge in [-0.15, -0.1) is 5.10 Å². The average Bonchev–Trinajstić information content (AvgIpc) is 3.18. The van der Waals surface area contributed by atoms with E-state index in [4.69, 9.17) is 21.1 Å². The van der Waals surface area contributed by atoms with Crippen LogP contribution in [0.5, 0.6) is 5.75 Å². The SMILES string of the molecule is CCOC(=O)c1nnn(Cc2ccc(OC)cc2)c1Nc1ccc(Cl)c2ccccc12. The van der Waals surface area contributed by atoms with Crippen LogP contribution in [0.15, 0.2) is 60.7 Å². The standard InChI is InChI=1S/C23H21ClN4O3/c1-3-31-23(29)21-22(25-20-13-12-19(24)17-6-4-5-7-18(17)20)28(27-26-21)14-15-8-10-16(30-2)11-9-15/h4-13,25H,3,14H2,1-2H3. The smallest absolute Gasteiger partial charge is 0.362 e. The lowest BCUT2D eigenvalue weighted by atomic mass is 10.1. The third-order valence-corrected chi connectivity index (χ3v) is 5.15. The predicted octanol–water partition coefficient (Wildman–Crippen LogP) is 5.06. The number of benzene rings is 3. The number of aromatic nitrogens is 3. The molecule has 0 saturated carbocycles. The monoisotopic (exact) mass is 436 g/mol. The van der Waals surface area contributed by atoms with Gasteiger partial charge in [-0.05, 0) is 36.8 Å². The van der Waals surface area contributed by atoms with E-state index in [9.17, 15) is 4.79 Å². The zero-order chi connectivity index (χ0) is 21.8. The number of esters is 1. The van der Waals surface area contributed by atoms with Crippen molar-refractivity contribution in [2.75, 3.05) is 19.0 Å². The fourth-order valence-corrected chi connectivity index (χ4v) is 3.51. The zero-order valence-electron chi connectivity index (χ0n) is 17.1. The highest BCUT2D eigenvalue weighted by molar-refractivity contribution is 6.36. The Kier molecular flexibility index (Phi) is 6.04. The number of hydrogen-bond donors (Lipinski definition) is 1. The molecule has 0 spiro atoms. The van der Waals surface area contributed by atoms with Crippen LogP contribution in [0.25, 0.3) is 10.8 Å². The number of rotatable bonds is 7. The molecule has 8 heteroatoms. The van der Waals surface area contributed by atoms with Crippen molar-refractivity contribution in [2.24, 2.45) is 0 Å². The van der Waals surface area contributed by atoms with E-state index in [1.54, 1.807) is 18.7 Å². The summed E-state index contributed by atoms with van der Waals surface area (Å²) in [4.78, 5) is 12.5. The maximum absolute atomic E-state index is 12.5. The average molecular weight is 437 g/mol. The number of nitrogens with one attached hydrogen (secondary N) is 1. The minimum atomic E-state index is -0.538. The third-order valence-electron chi connectivity index (χ3n) is 4.82. The van der Waals surface area contributed by atoms with E-state index in [-0.39, 0.29) is 12.3 Å². The van der Waals surface area contributed by atoms with Crippen LogP contribution >= 0.6 is 11.6 Å². The van der Waals surface area contributed by atoms with Gasteiger partial charge in [0.1, 0.15) is 5.75 Å². The van der Waals surface area contributed by atoms with Gasteiger partial charge >= 0.3 is 5.97 Å². The molecule has 0 atom stereocenters. The summed E-state index contributed by atoms with van der Waals surface area (Å²) in [6.45, 7) is 2.40. The van der Waals surface area contributed by atoms with Crippen LogP contribution in [0.4, 0.5) is 11.5 Å². The van der Waals surface area contributed by atoms with Crippen molar-refractivity contribution < 1.29 is 14.3 Å². The molecule has 7 nitrogen and oxygen atoms in total. The largest absolute Gasteiger partial charge is 0.497 e. The molecule has 3 aromatic carbocycles. The number of fused-ring (bicyclic) bond motifs is 1. The van der Waals surface area contributed by atoms with Crippen molar-refractivity contribution in [1.82, 2.24) is 15.0 Å². The van der Waals surface area contributed by atoms with Crippen LogP contribution in [-0.2, 0) is 11.3 Å². The normalized spacial score (nSPS) is 10.8. The van der Waals surface area contributed by atoms with E-state index in [2.05, 4.69) is 15.6 Å². The molecule has 0 bridgehead atoms. The van der Waals surface area contributed by atoms with Crippen LogP contribution in [0.1, 0.15) is 23.0 Å². The molecule has 0 saturated heterocycles. The summed E-state index contributed by atoms with van der Waals surface area (Å²) in [6, 6.07) is 19.1. The summed E-state index contributed by atoms with van der Waals surface area (Å²) in [5.74, 6) is 0.673. The van der Waals surface area contributed by atoms with Crippen molar-refractivity contribution in [2.45, 2.75) is 13.5 Å². The second kappa shape index (κ2) is 9.06. The Bertz CT molecular complexity index is 1220. The van der Waals surface area contributed by atoms with Crippen molar-refractivity contribution in [3.05, 3.63) is 76.9 Å². The first-order chi connectivity index (χ1) is 15.1. The number of carbonyl (C=O) groups is 1. The van der Waals surface area contributed by atoms with Gasteiger partial charge in [0.2, 0.25) is 5.69 Å². The quantitative estimate of drug-likeness (QED) is 0.408. The van der Waals surface area contributed by atoms with Gasteiger partial charge in [-0.2, -0.15) is 0 Å². The van der Waals surface area contributed by atoms with Crippen molar-refractivity contribution in [3.63, 3.8) is 0 Å². The number of halogens is 1. The molecule has 0 aliphatic heterocycles. The molecule has 0 amide bonds. The highest BCUT2D eigenvalue weighted by Crippen LogP contribution is 2.32. The summed E-state index contributed by atoms with van der Waals surface area (Å²) in [7, 11) is 1.62. The second-order valence-electron chi connectivity index (χ2n) is 6.78. The van der Waals surface area contributed by atoms with Gasteiger partial charge in [0.05, 0.1) is 20.3 Å². The molecule has 31 heavy (non-hydrogen) atoms. The summed E-state index contributed by atoms with van der Waals surface area (Å²) in [6.07, 6.45) is 0. The Morgan fingerprint density at radius 1 is 1.06 bits per heavy atom.